The Kier molecular flexibility index (Phi) is 7.09. The van der Waals surface area contributed by atoms with Crippen LogP contribution in [0.1, 0.15) is 46.1 Å². The van der Waals surface area contributed by atoms with Gasteiger partial charge in [0.15, 0.2) is 0 Å². The highest BCUT2D eigenvalue weighted by atomic mass is 32.2. The van der Waals surface area contributed by atoms with Crippen LogP contribution in [0.2, 0.25) is 0 Å². The van der Waals surface area contributed by atoms with Gasteiger partial charge in [-0.15, -0.1) is 11.8 Å². The van der Waals surface area contributed by atoms with Crippen LogP contribution in [0, 0.1) is 5.92 Å². The number of anilines is 1. The third-order valence-corrected chi connectivity index (χ3v) is 4.36. The Morgan fingerprint density at radius 2 is 2.06 bits per heavy atom. The summed E-state index contributed by atoms with van der Waals surface area (Å²) in [5.41, 5.74) is 1.26. The Labute approximate surface area is 115 Å². The molecule has 102 valence electrons. The normalized spacial score (nSPS) is 12.4. The standard InChI is InChI=1S/C14H25N3S/c1-5-8-15-13-12(7-3)14(17-10-16-13)18-9-11(4)6-2/h10-11H,5-9H2,1-4H3,(H,15,16,17). The average Bonchev–Trinajstić information content (AvgIpc) is 2.42. The summed E-state index contributed by atoms with van der Waals surface area (Å²) in [6.07, 6.45) is 4.99. The molecule has 0 aliphatic carbocycles. The summed E-state index contributed by atoms with van der Waals surface area (Å²) < 4.78 is 0. The van der Waals surface area contributed by atoms with Gasteiger partial charge in [-0.2, -0.15) is 0 Å². The first-order valence-corrected chi connectivity index (χ1v) is 7.91. The molecular formula is C14H25N3S. The monoisotopic (exact) mass is 267 g/mol. The summed E-state index contributed by atoms with van der Waals surface area (Å²) in [5, 5.41) is 4.54. The summed E-state index contributed by atoms with van der Waals surface area (Å²) in [5.74, 6) is 2.89. The molecule has 0 spiro atoms. The van der Waals surface area contributed by atoms with Crippen LogP contribution in [0.4, 0.5) is 5.82 Å². The van der Waals surface area contributed by atoms with E-state index in [4.69, 9.17) is 0 Å². The molecule has 1 rings (SSSR count). The quantitative estimate of drug-likeness (QED) is 0.570. The van der Waals surface area contributed by atoms with E-state index >= 15 is 0 Å². The van der Waals surface area contributed by atoms with Gasteiger partial charge in [-0.3, -0.25) is 0 Å². The molecule has 4 heteroatoms. The Hall–Kier alpha value is -0.770. The van der Waals surface area contributed by atoms with Crippen LogP contribution in [-0.4, -0.2) is 22.3 Å². The van der Waals surface area contributed by atoms with Crippen LogP contribution in [0.15, 0.2) is 11.4 Å². The second-order valence-electron chi connectivity index (χ2n) is 4.61. The van der Waals surface area contributed by atoms with E-state index in [1.807, 2.05) is 11.8 Å². The van der Waals surface area contributed by atoms with Gasteiger partial charge in [-0.05, 0) is 18.8 Å². The van der Waals surface area contributed by atoms with Crippen molar-refractivity contribution in [2.24, 2.45) is 5.92 Å². The molecule has 0 aliphatic rings. The summed E-state index contributed by atoms with van der Waals surface area (Å²) in [7, 11) is 0. The third kappa shape index (κ3) is 4.48. The Morgan fingerprint density at radius 1 is 1.28 bits per heavy atom. The van der Waals surface area contributed by atoms with E-state index in [-0.39, 0.29) is 0 Å². The zero-order valence-electron chi connectivity index (χ0n) is 12.0. The van der Waals surface area contributed by atoms with Crippen molar-refractivity contribution in [3.05, 3.63) is 11.9 Å². The van der Waals surface area contributed by atoms with Crippen LogP contribution < -0.4 is 5.32 Å². The fourth-order valence-electron chi connectivity index (χ4n) is 1.57. The molecular weight excluding hydrogens is 242 g/mol. The molecule has 0 fully saturated rings. The summed E-state index contributed by atoms with van der Waals surface area (Å²) in [4.78, 5) is 8.80. The molecule has 0 aromatic carbocycles. The fraction of sp³-hybridized carbons (Fsp3) is 0.714. The van der Waals surface area contributed by atoms with Crippen molar-refractivity contribution in [2.75, 3.05) is 17.6 Å². The first kappa shape index (κ1) is 15.3. The number of thioether (sulfide) groups is 1. The lowest BCUT2D eigenvalue weighted by atomic mass is 10.2. The molecule has 3 nitrogen and oxygen atoms in total. The van der Waals surface area contributed by atoms with Gasteiger partial charge < -0.3 is 5.32 Å². The van der Waals surface area contributed by atoms with Gasteiger partial charge in [0, 0.05) is 17.9 Å². The lowest BCUT2D eigenvalue weighted by Gasteiger charge is -2.13. The van der Waals surface area contributed by atoms with Crippen molar-refractivity contribution in [2.45, 2.75) is 52.0 Å². The molecule has 0 saturated carbocycles. The van der Waals surface area contributed by atoms with E-state index in [0.717, 1.165) is 41.9 Å². The minimum atomic E-state index is 0.738. The fourth-order valence-corrected chi connectivity index (χ4v) is 2.79. The molecule has 18 heavy (non-hydrogen) atoms. The molecule has 0 amide bonds. The molecule has 1 unspecified atom stereocenters. The maximum absolute atomic E-state index is 4.44. The highest BCUT2D eigenvalue weighted by molar-refractivity contribution is 7.99. The van der Waals surface area contributed by atoms with E-state index in [0.29, 0.717) is 0 Å². The summed E-state index contributed by atoms with van der Waals surface area (Å²) in [6.45, 7) is 9.83. The second-order valence-corrected chi connectivity index (χ2v) is 5.62. The van der Waals surface area contributed by atoms with E-state index in [2.05, 4.69) is 43.0 Å². The van der Waals surface area contributed by atoms with Gasteiger partial charge in [-0.1, -0.05) is 34.1 Å². The van der Waals surface area contributed by atoms with Gasteiger partial charge in [0.25, 0.3) is 0 Å². The SMILES string of the molecule is CCCNc1ncnc(SCC(C)CC)c1CC. The lowest BCUT2D eigenvalue weighted by molar-refractivity contribution is 0.636. The van der Waals surface area contributed by atoms with Gasteiger partial charge in [0.1, 0.15) is 17.2 Å². The second kappa shape index (κ2) is 8.35. The van der Waals surface area contributed by atoms with Crippen molar-refractivity contribution in [1.82, 2.24) is 9.97 Å². The molecule has 1 aromatic rings. The maximum Gasteiger partial charge on any atom is 0.133 e. The number of aromatic nitrogens is 2. The predicted octanol–water partition coefficient (Wildman–Crippen LogP) is 4.00. The first-order chi connectivity index (χ1) is 8.72. The molecule has 0 saturated heterocycles. The number of hydrogen-bond acceptors (Lipinski definition) is 4. The van der Waals surface area contributed by atoms with Crippen molar-refractivity contribution < 1.29 is 0 Å². The van der Waals surface area contributed by atoms with Crippen molar-refractivity contribution in [3.8, 4) is 0 Å². The van der Waals surface area contributed by atoms with Crippen LogP contribution in [0.3, 0.4) is 0 Å². The van der Waals surface area contributed by atoms with E-state index in [1.165, 1.54) is 12.0 Å². The number of hydrogen-bond donors (Lipinski definition) is 1. The van der Waals surface area contributed by atoms with Crippen LogP contribution in [0.25, 0.3) is 0 Å². The summed E-state index contributed by atoms with van der Waals surface area (Å²) >= 11 is 1.86. The molecule has 1 heterocycles. The number of rotatable bonds is 8. The van der Waals surface area contributed by atoms with Crippen LogP contribution in [0.5, 0.6) is 0 Å². The lowest BCUT2D eigenvalue weighted by Crippen LogP contribution is -2.07. The van der Waals surface area contributed by atoms with Gasteiger partial charge in [0.2, 0.25) is 0 Å². The minimum absolute atomic E-state index is 0.738. The predicted molar refractivity (Wildman–Crippen MR) is 80.4 cm³/mol. The van der Waals surface area contributed by atoms with Gasteiger partial charge in [-0.25, -0.2) is 9.97 Å². The van der Waals surface area contributed by atoms with Crippen molar-refractivity contribution in [1.29, 1.82) is 0 Å². The van der Waals surface area contributed by atoms with Crippen LogP contribution >= 0.6 is 11.8 Å². The Bertz CT molecular complexity index is 355. The highest BCUT2D eigenvalue weighted by Crippen LogP contribution is 2.27. The zero-order chi connectivity index (χ0) is 13.4. The maximum atomic E-state index is 4.44. The van der Waals surface area contributed by atoms with Crippen molar-refractivity contribution >= 4 is 17.6 Å². The third-order valence-electron chi connectivity index (χ3n) is 3.00. The van der Waals surface area contributed by atoms with Gasteiger partial charge >= 0.3 is 0 Å². The zero-order valence-corrected chi connectivity index (χ0v) is 12.8. The minimum Gasteiger partial charge on any atom is -0.370 e. The topological polar surface area (TPSA) is 37.8 Å². The molecule has 1 N–H and O–H groups in total. The molecule has 1 aromatic heterocycles. The number of nitrogens with zero attached hydrogens (tertiary/aromatic N) is 2. The van der Waals surface area contributed by atoms with E-state index in [1.54, 1.807) is 6.33 Å². The molecule has 1 atom stereocenters. The van der Waals surface area contributed by atoms with Gasteiger partial charge in [0.05, 0.1) is 0 Å². The summed E-state index contributed by atoms with van der Waals surface area (Å²) in [6, 6.07) is 0. The molecule has 0 aliphatic heterocycles. The smallest absolute Gasteiger partial charge is 0.133 e. The largest absolute Gasteiger partial charge is 0.370 e. The van der Waals surface area contributed by atoms with E-state index < -0.39 is 0 Å². The van der Waals surface area contributed by atoms with Crippen LogP contribution in [-0.2, 0) is 6.42 Å². The Morgan fingerprint density at radius 3 is 2.67 bits per heavy atom. The molecule has 0 radical (unpaired) electrons. The van der Waals surface area contributed by atoms with Crippen molar-refractivity contribution in [3.63, 3.8) is 0 Å². The van der Waals surface area contributed by atoms with E-state index in [9.17, 15) is 0 Å². The molecule has 0 bridgehead atoms. The average molecular weight is 267 g/mol. The number of nitrogens with one attached hydrogen (secondary N) is 1. The first-order valence-electron chi connectivity index (χ1n) is 6.93. The Balaban J connectivity index is 2.77. The highest BCUT2D eigenvalue weighted by Gasteiger charge is 2.11.